The number of esters is 3. The van der Waals surface area contributed by atoms with Gasteiger partial charge in [0, 0.05) is 19.3 Å². The number of ether oxygens (including phenoxy) is 3. The zero-order chi connectivity index (χ0) is 48.6. The standard InChI is InChI=1S/C61H112O6/c1-4-7-10-13-16-19-22-25-27-29-31-33-34-36-39-42-45-48-51-54-60(63)66-57-58(56-65-59(62)53-50-47-44-41-38-24-21-18-15-12-9-6-3)67-61(64)55-52-49-46-43-40-37-35-32-30-28-26-23-20-17-14-11-8-5-2/h9,12,18,21,38,41,58H,4-8,10-11,13-17,19-20,22-37,39-40,42-57H2,1-3H3/b12-9-,21-18-,41-38-. The summed E-state index contributed by atoms with van der Waals surface area (Å²) in [6.45, 7) is 6.54. The largest absolute Gasteiger partial charge is 0.462 e. The maximum atomic E-state index is 12.9. The van der Waals surface area contributed by atoms with Crippen LogP contribution in [-0.2, 0) is 28.6 Å². The van der Waals surface area contributed by atoms with Crippen LogP contribution in [0, 0.1) is 0 Å². The van der Waals surface area contributed by atoms with Crippen molar-refractivity contribution in [2.24, 2.45) is 0 Å². The summed E-state index contributed by atoms with van der Waals surface area (Å²) in [6.07, 6.45) is 67.2. The smallest absolute Gasteiger partial charge is 0.306 e. The fourth-order valence-electron chi connectivity index (χ4n) is 8.75. The molecule has 0 rings (SSSR count). The minimum Gasteiger partial charge on any atom is -0.462 e. The molecular weight excluding hydrogens is 829 g/mol. The molecule has 392 valence electrons. The Morgan fingerprint density at radius 3 is 0.910 bits per heavy atom. The number of hydrogen-bond acceptors (Lipinski definition) is 6. The second-order valence-corrected chi connectivity index (χ2v) is 19.9. The number of carbonyl (C=O) groups excluding carboxylic acids is 3. The summed E-state index contributed by atoms with van der Waals surface area (Å²) in [7, 11) is 0. The Balaban J connectivity index is 4.30. The lowest BCUT2D eigenvalue weighted by Gasteiger charge is -2.18. The van der Waals surface area contributed by atoms with E-state index in [4.69, 9.17) is 14.2 Å². The van der Waals surface area contributed by atoms with Crippen LogP contribution < -0.4 is 0 Å². The van der Waals surface area contributed by atoms with Crippen LogP contribution in [0.3, 0.4) is 0 Å². The third-order valence-corrected chi connectivity index (χ3v) is 13.2. The third-order valence-electron chi connectivity index (χ3n) is 13.2. The minimum absolute atomic E-state index is 0.0791. The fraction of sp³-hybridized carbons (Fsp3) is 0.852. The first-order valence-electron chi connectivity index (χ1n) is 29.5. The van der Waals surface area contributed by atoms with Crippen molar-refractivity contribution in [3.8, 4) is 0 Å². The highest BCUT2D eigenvalue weighted by Crippen LogP contribution is 2.17. The molecule has 0 amide bonds. The van der Waals surface area contributed by atoms with E-state index in [9.17, 15) is 14.4 Å². The van der Waals surface area contributed by atoms with Crippen molar-refractivity contribution >= 4 is 17.9 Å². The van der Waals surface area contributed by atoms with Gasteiger partial charge in [0.15, 0.2) is 6.10 Å². The second kappa shape index (κ2) is 56.2. The normalized spacial score (nSPS) is 12.2. The third kappa shape index (κ3) is 54.4. The molecule has 0 heterocycles. The number of rotatable bonds is 54. The quantitative estimate of drug-likeness (QED) is 0.0262. The molecule has 0 bridgehead atoms. The Labute approximate surface area is 416 Å². The molecule has 0 aliphatic heterocycles. The lowest BCUT2D eigenvalue weighted by Crippen LogP contribution is -2.30. The van der Waals surface area contributed by atoms with Gasteiger partial charge in [-0.05, 0) is 51.4 Å². The molecule has 0 N–H and O–H groups in total. The Morgan fingerprint density at radius 2 is 0.582 bits per heavy atom. The average molecular weight is 942 g/mol. The highest BCUT2D eigenvalue weighted by Gasteiger charge is 2.19. The van der Waals surface area contributed by atoms with E-state index >= 15 is 0 Å². The highest BCUT2D eigenvalue weighted by atomic mass is 16.6. The van der Waals surface area contributed by atoms with E-state index in [1.807, 2.05) is 0 Å². The molecule has 1 unspecified atom stereocenters. The van der Waals surface area contributed by atoms with Crippen LogP contribution in [0.25, 0.3) is 0 Å². The molecular formula is C61H112O6. The summed E-state index contributed by atoms with van der Waals surface area (Å²) < 4.78 is 16.8. The van der Waals surface area contributed by atoms with E-state index in [0.29, 0.717) is 19.3 Å². The lowest BCUT2D eigenvalue weighted by molar-refractivity contribution is -0.167. The van der Waals surface area contributed by atoms with Gasteiger partial charge in [0.05, 0.1) is 0 Å². The highest BCUT2D eigenvalue weighted by molar-refractivity contribution is 5.71. The van der Waals surface area contributed by atoms with E-state index in [0.717, 1.165) is 77.0 Å². The first-order chi connectivity index (χ1) is 33.0. The van der Waals surface area contributed by atoms with Crippen molar-refractivity contribution in [3.63, 3.8) is 0 Å². The molecule has 0 spiro atoms. The number of hydrogen-bond donors (Lipinski definition) is 0. The fourth-order valence-corrected chi connectivity index (χ4v) is 8.75. The van der Waals surface area contributed by atoms with Crippen LogP contribution >= 0.6 is 0 Å². The van der Waals surface area contributed by atoms with Gasteiger partial charge in [-0.1, -0.05) is 282 Å². The first kappa shape index (κ1) is 64.6. The molecule has 6 nitrogen and oxygen atoms in total. The van der Waals surface area contributed by atoms with E-state index < -0.39 is 6.10 Å². The molecule has 0 radical (unpaired) electrons. The van der Waals surface area contributed by atoms with Crippen molar-refractivity contribution < 1.29 is 28.6 Å². The van der Waals surface area contributed by atoms with Crippen LogP contribution in [0.15, 0.2) is 36.5 Å². The zero-order valence-electron chi connectivity index (χ0n) is 44.9. The van der Waals surface area contributed by atoms with Gasteiger partial charge >= 0.3 is 17.9 Å². The van der Waals surface area contributed by atoms with Crippen LogP contribution in [-0.4, -0.2) is 37.2 Å². The Hall–Kier alpha value is -2.37. The van der Waals surface area contributed by atoms with Gasteiger partial charge in [-0.3, -0.25) is 14.4 Å². The van der Waals surface area contributed by atoms with Crippen molar-refractivity contribution in [2.75, 3.05) is 13.2 Å². The van der Waals surface area contributed by atoms with E-state index in [1.165, 1.54) is 199 Å². The van der Waals surface area contributed by atoms with E-state index in [1.54, 1.807) is 0 Å². The van der Waals surface area contributed by atoms with Crippen molar-refractivity contribution in [3.05, 3.63) is 36.5 Å². The molecule has 0 aromatic carbocycles. The van der Waals surface area contributed by atoms with Crippen LogP contribution in [0.4, 0.5) is 0 Å². The summed E-state index contributed by atoms with van der Waals surface area (Å²) in [6, 6.07) is 0. The topological polar surface area (TPSA) is 78.9 Å². The molecule has 67 heavy (non-hydrogen) atoms. The van der Waals surface area contributed by atoms with Gasteiger partial charge < -0.3 is 14.2 Å². The SMILES string of the molecule is CC/C=C\C/C=C\C/C=C\CCCCC(=O)OCC(COC(=O)CCCCCCCCCCCCCCCCCCCCC)OC(=O)CCCCCCCCCCCCCCCCCCCC. The number of allylic oxidation sites excluding steroid dienone is 6. The summed E-state index contributed by atoms with van der Waals surface area (Å²) in [5.74, 6) is -0.900. The first-order valence-corrected chi connectivity index (χ1v) is 29.5. The zero-order valence-corrected chi connectivity index (χ0v) is 44.9. The maximum absolute atomic E-state index is 12.9. The van der Waals surface area contributed by atoms with Gasteiger partial charge in [0.1, 0.15) is 13.2 Å². The molecule has 0 aromatic heterocycles. The predicted molar refractivity (Wildman–Crippen MR) is 289 cm³/mol. The molecule has 0 aliphatic carbocycles. The average Bonchev–Trinajstić information content (AvgIpc) is 3.33. The molecule has 0 saturated carbocycles. The van der Waals surface area contributed by atoms with Crippen LogP contribution in [0.5, 0.6) is 0 Å². The summed E-state index contributed by atoms with van der Waals surface area (Å²) >= 11 is 0. The number of carbonyl (C=O) groups is 3. The molecule has 1 atom stereocenters. The van der Waals surface area contributed by atoms with E-state index in [-0.39, 0.29) is 31.1 Å². The summed E-state index contributed by atoms with van der Waals surface area (Å²) in [4.78, 5) is 38.1. The molecule has 0 fully saturated rings. The van der Waals surface area contributed by atoms with Crippen LogP contribution in [0.2, 0.25) is 0 Å². The molecule has 0 aromatic rings. The second-order valence-electron chi connectivity index (χ2n) is 19.9. The van der Waals surface area contributed by atoms with Crippen LogP contribution in [0.1, 0.15) is 316 Å². The number of unbranched alkanes of at least 4 members (excludes halogenated alkanes) is 37. The Bertz CT molecular complexity index is 1130. The van der Waals surface area contributed by atoms with Gasteiger partial charge in [-0.25, -0.2) is 0 Å². The van der Waals surface area contributed by atoms with Gasteiger partial charge in [0.25, 0.3) is 0 Å². The molecule has 6 heteroatoms. The Kier molecular flexibility index (Phi) is 54.2. The van der Waals surface area contributed by atoms with Crippen molar-refractivity contribution in [1.82, 2.24) is 0 Å². The van der Waals surface area contributed by atoms with Gasteiger partial charge in [-0.2, -0.15) is 0 Å². The minimum atomic E-state index is -0.783. The Morgan fingerprint density at radius 1 is 0.313 bits per heavy atom. The van der Waals surface area contributed by atoms with Gasteiger partial charge in [-0.15, -0.1) is 0 Å². The summed E-state index contributed by atoms with van der Waals surface area (Å²) in [5, 5.41) is 0. The van der Waals surface area contributed by atoms with E-state index in [2.05, 4.69) is 57.2 Å². The van der Waals surface area contributed by atoms with Crippen molar-refractivity contribution in [2.45, 2.75) is 322 Å². The molecule has 0 aliphatic rings. The monoisotopic (exact) mass is 941 g/mol. The summed E-state index contributed by atoms with van der Waals surface area (Å²) in [5.41, 5.74) is 0. The van der Waals surface area contributed by atoms with Crippen molar-refractivity contribution in [1.29, 1.82) is 0 Å². The molecule has 0 saturated heterocycles. The lowest BCUT2D eigenvalue weighted by atomic mass is 10.0. The van der Waals surface area contributed by atoms with Gasteiger partial charge in [0.2, 0.25) is 0 Å². The maximum Gasteiger partial charge on any atom is 0.306 e. The predicted octanol–water partition coefficient (Wildman–Crippen LogP) is 19.7.